The van der Waals surface area contributed by atoms with Crippen molar-refractivity contribution in [2.24, 2.45) is 0 Å². The van der Waals surface area contributed by atoms with E-state index >= 15 is 0 Å². The quantitative estimate of drug-likeness (QED) is 0.862. The first-order valence-electron chi connectivity index (χ1n) is 7.28. The van der Waals surface area contributed by atoms with E-state index in [1.807, 2.05) is 0 Å². The number of ketones is 2. The van der Waals surface area contributed by atoms with Crippen molar-refractivity contribution in [3.05, 3.63) is 17.7 Å². The molecule has 22 heavy (non-hydrogen) atoms. The second-order valence-corrected chi connectivity index (χ2v) is 5.90. The van der Waals surface area contributed by atoms with Gasteiger partial charge in [0.25, 0.3) is 0 Å². The molecule has 1 heterocycles. The minimum Gasteiger partial charge on any atom is -0.507 e. The number of fused-ring (bicyclic) bond motifs is 1. The summed E-state index contributed by atoms with van der Waals surface area (Å²) in [4.78, 5) is 23.7. The van der Waals surface area contributed by atoms with E-state index in [0.717, 1.165) is 0 Å². The van der Waals surface area contributed by atoms with Gasteiger partial charge in [-0.25, -0.2) is 0 Å². The number of methoxy groups -OCH3 is 1. The molecule has 1 saturated carbocycles. The molecule has 2 N–H and O–H groups in total. The number of rotatable bonds is 2. The fourth-order valence-electron chi connectivity index (χ4n) is 3.12. The van der Waals surface area contributed by atoms with Gasteiger partial charge in [0.15, 0.2) is 5.78 Å². The number of benzene rings is 1. The Hall–Kier alpha value is -2.08. The molecule has 1 aromatic carbocycles. The van der Waals surface area contributed by atoms with E-state index in [1.54, 1.807) is 0 Å². The fourth-order valence-corrected chi connectivity index (χ4v) is 3.12. The van der Waals surface area contributed by atoms with E-state index < -0.39 is 11.7 Å². The first-order chi connectivity index (χ1) is 10.4. The van der Waals surface area contributed by atoms with E-state index in [0.29, 0.717) is 18.6 Å². The zero-order valence-corrected chi connectivity index (χ0v) is 12.3. The lowest BCUT2D eigenvalue weighted by Gasteiger charge is -2.40. The van der Waals surface area contributed by atoms with Crippen molar-refractivity contribution in [1.29, 1.82) is 0 Å². The van der Waals surface area contributed by atoms with Crippen molar-refractivity contribution >= 4 is 11.6 Å². The number of Topliss-reactive ketones (excluding diaryl/α,β-unsaturated/α-hetero) is 2. The largest absolute Gasteiger partial charge is 0.507 e. The van der Waals surface area contributed by atoms with Gasteiger partial charge >= 0.3 is 0 Å². The molecule has 0 aromatic heterocycles. The van der Waals surface area contributed by atoms with Crippen molar-refractivity contribution < 1.29 is 29.3 Å². The van der Waals surface area contributed by atoms with Gasteiger partial charge in [-0.3, -0.25) is 9.59 Å². The minimum absolute atomic E-state index is 0.0163. The molecule has 1 aliphatic heterocycles. The highest BCUT2D eigenvalue weighted by atomic mass is 16.5. The Morgan fingerprint density at radius 3 is 2.59 bits per heavy atom. The number of aromatic hydroxyl groups is 1. The number of hydrogen-bond donors (Lipinski definition) is 2. The van der Waals surface area contributed by atoms with Crippen LogP contribution in [0.1, 0.15) is 42.5 Å². The maximum atomic E-state index is 12.3. The molecule has 6 nitrogen and oxygen atoms in total. The molecule has 0 radical (unpaired) electrons. The van der Waals surface area contributed by atoms with E-state index in [9.17, 15) is 19.8 Å². The molecule has 0 bridgehead atoms. The van der Waals surface area contributed by atoms with Gasteiger partial charge in [0.05, 0.1) is 13.5 Å². The first-order valence-corrected chi connectivity index (χ1v) is 7.28. The van der Waals surface area contributed by atoms with E-state index in [1.165, 1.54) is 19.2 Å². The third-order valence-electron chi connectivity index (χ3n) is 4.48. The lowest BCUT2D eigenvalue weighted by Crippen LogP contribution is -2.50. The van der Waals surface area contributed by atoms with Crippen LogP contribution >= 0.6 is 0 Å². The van der Waals surface area contributed by atoms with Crippen LogP contribution in [0.15, 0.2) is 12.1 Å². The van der Waals surface area contributed by atoms with E-state index in [4.69, 9.17) is 9.47 Å². The van der Waals surface area contributed by atoms with Crippen LogP contribution in [0.2, 0.25) is 0 Å². The molecule has 1 aliphatic carbocycles. The third kappa shape index (κ3) is 2.43. The second kappa shape index (κ2) is 5.28. The molecule has 3 rings (SSSR count). The molecule has 0 saturated heterocycles. The number of ether oxygens (including phenoxy) is 2. The summed E-state index contributed by atoms with van der Waals surface area (Å²) in [6, 6.07) is 2.88. The first kappa shape index (κ1) is 14.8. The van der Waals surface area contributed by atoms with Crippen LogP contribution in [0, 0.1) is 0 Å². The average molecular weight is 306 g/mol. The SMILES string of the molecule is COc1cc(O)c2c(c1)OC(C1(O)CCC(=O)CC1)CC2=O. The predicted molar refractivity (Wildman–Crippen MR) is 76.4 cm³/mol. The molecule has 0 spiro atoms. The number of carbonyl (C=O) groups is 2. The average Bonchev–Trinajstić information content (AvgIpc) is 2.49. The van der Waals surface area contributed by atoms with Crippen LogP contribution in [0.5, 0.6) is 17.2 Å². The molecular formula is C16H18O6. The van der Waals surface area contributed by atoms with Crippen molar-refractivity contribution in [1.82, 2.24) is 0 Å². The Balaban J connectivity index is 1.92. The zero-order valence-electron chi connectivity index (χ0n) is 12.3. The van der Waals surface area contributed by atoms with Gasteiger partial charge < -0.3 is 19.7 Å². The smallest absolute Gasteiger partial charge is 0.174 e. The van der Waals surface area contributed by atoms with Crippen molar-refractivity contribution in [2.75, 3.05) is 7.11 Å². The van der Waals surface area contributed by atoms with Crippen LogP contribution in [-0.4, -0.2) is 40.6 Å². The van der Waals surface area contributed by atoms with Crippen LogP contribution in [-0.2, 0) is 4.79 Å². The Kier molecular flexibility index (Phi) is 3.56. The van der Waals surface area contributed by atoms with Crippen molar-refractivity contribution in [3.63, 3.8) is 0 Å². The highest BCUT2D eigenvalue weighted by molar-refractivity contribution is 6.02. The Morgan fingerprint density at radius 1 is 1.27 bits per heavy atom. The van der Waals surface area contributed by atoms with Crippen LogP contribution in [0.3, 0.4) is 0 Å². The molecule has 6 heteroatoms. The molecule has 2 aliphatic rings. The lowest BCUT2D eigenvalue weighted by atomic mass is 9.77. The van der Waals surface area contributed by atoms with E-state index in [2.05, 4.69) is 0 Å². The highest BCUT2D eigenvalue weighted by Crippen LogP contribution is 2.42. The normalized spacial score (nSPS) is 23.6. The van der Waals surface area contributed by atoms with Gasteiger partial charge in [-0.2, -0.15) is 0 Å². The molecule has 0 amide bonds. The predicted octanol–water partition coefficient (Wildman–Crippen LogP) is 1.61. The lowest BCUT2D eigenvalue weighted by molar-refractivity contribution is -0.132. The molecule has 118 valence electrons. The maximum absolute atomic E-state index is 12.3. The number of phenolic OH excluding ortho intramolecular Hbond substituents is 1. The molecule has 1 atom stereocenters. The molecular weight excluding hydrogens is 288 g/mol. The molecule has 1 aromatic rings. The van der Waals surface area contributed by atoms with Crippen LogP contribution < -0.4 is 9.47 Å². The zero-order chi connectivity index (χ0) is 15.9. The summed E-state index contributed by atoms with van der Waals surface area (Å²) >= 11 is 0. The summed E-state index contributed by atoms with van der Waals surface area (Å²) in [6.07, 6.45) is 0.426. The standard InChI is InChI=1S/C16H18O6/c1-21-10-6-11(18)15-12(19)8-14(22-13(15)7-10)16(20)4-2-9(17)3-5-16/h6-7,14,18,20H,2-5,8H2,1H3. The Bertz CT molecular complexity index is 626. The number of carbonyl (C=O) groups excluding carboxylic acids is 2. The summed E-state index contributed by atoms with van der Waals surface area (Å²) in [6.45, 7) is 0. The van der Waals surface area contributed by atoms with Gasteiger partial charge in [0.2, 0.25) is 0 Å². The maximum Gasteiger partial charge on any atom is 0.174 e. The highest BCUT2D eigenvalue weighted by Gasteiger charge is 2.45. The summed E-state index contributed by atoms with van der Waals surface area (Å²) in [5, 5.41) is 20.7. The fraction of sp³-hybridized carbons (Fsp3) is 0.500. The van der Waals surface area contributed by atoms with Crippen LogP contribution in [0.4, 0.5) is 0 Å². The summed E-state index contributed by atoms with van der Waals surface area (Å²) < 4.78 is 10.8. The van der Waals surface area contributed by atoms with Gasteiger partial charge in [0.1, 0.15) is 40.3 Å². The molecule has 1 unspecified atom stereocenters. The van der Waals surface area contributed by atoms with Crippen molar-refractivity contribution in [2.45, 2.75) is 43.8 Å². The van der Waals surface area contributed by atoms with Crippen LogP contribution in [0.25, 0.3) is 0 Å². The van der Waals surface area contributed by atoms with Gasteiger partial charge in [-0.1, -0.05) is 0 Å². The van der Waals surface area contributed by atoms with Crippen molar-refractivity contribution in [3.8, 4) is 17.2 Å². The monoisotopic (exact) mass is 306 g/mol. The van der Waals surface area contributed by atoms with Gasteiger partial charge in [0, 0.05) is 25.0 Å². The topological polar surface area (TPSA) is 93.1 Å². The Morgan fingerprint density at radius 2 is 1.95 bits per heavy atom. The third-order valence-corrected chi connectivity index (χ3v) is 4.48. The number of hydrogen-bond acceptors (Lipinski definition) is 6. The second-order valence-electron chi connectivity index (χ2n) is 5.90. The van der Waals surface area contributed by atoms with Gasteiger partial charge in [-0.05, 0) is 12.8 Å². The Labute approximate surface area is 127 Å². The van der Waals surface area contributed by atoms with E-state index in [-0.39, 0.29) is 47.9 Å². The minimum atomic E-state index is -1.19. The molecule has 1 fully saturated rings. The number of aliphatic hydroxyl groups is 1. The van der Waals surface area contributed by atoms with Gasteiger partial charge in [-0.15, -0.1) is 0 Å². The summed E-state index contributed by atoms with van der Waals surface area (Å²) in [7, 11) is 1.45. The summed E-state index contributed by atoms with van der Waals surface area (Å²) in [5.41, 5.74) is -1.08. The summed E-state index contributed by atoms with van der Waals surface area (Å²) in [5.74, 6) is 0.228. The number of phenols is 1.